The molecular weight excluding hydrogens is 464 g/mol. The van der Waals surface area contributed by atoms with E-state index in [1.54, 1.807) is 24.0 Å². The molecule has 1 aromatic carbocycles. The Morgan fingerprint density at radius 1 is 1.08 bits per heavy atom. The van der Waals surface area contributed by atoms with E-state index in [4.69, 9.17) is 13.9 Å². The van der Waals surface area contributed by atoms with Crippen LogP contribution in [-0.4, -0.2) is 71.3 Å². The van der Waals surface area contributed by atoms with Crippen molar-refractivity contribution in [1.29, 1.82) is 0 Å². The first kappa shape index (κ1) is 25.8. The lowest BCUT2D eigenvalue weighted by Gasteiger charge is -2.30. The highest BCUT2D eigenvalue weighted by Gasteiger charge is 2.33. The van der Waals surface area contributed by atoms with Gasteiger partial charge in [-0.1, -0.05) is 57.2 Å². The van der Waals surface area contributed by atoms with Crippen LogP contribution in [0.3, 0.4) is 0 Å². The number of carbonyl (C=O) groups is 3. The molecule has 1 aliphatic carbocycles. The first-order valence-corrected chi connectivity index (χ1v) is 12.8. The van der Waals surface area contributed by atoms with Crippen molar-refractivity contribution in [1.82, 2.24) is 20.4 Å². The highest BCUT2D eigenvalue weighted by molar-refractivity contribution is 5.99. The molecule has 2 atom stereocenters. The molecule has 2 aromatic rings. The summed E-state index contributed by atoms with van der Waals surface area (Å²) < 4.78 is 16.6. The molecule has 1 saturated heterocycles. The van der Waals surface area contributed by atoms with E-state index in [2.05, 4.69) is 15.5 Å². The number of amides is 2. The van der Waals surface area contributed by atoms with Gasteiger partial charge in [-0.2, -0.15) is 0 Å². The number of carbonyl (C=O) groups excluding carboxylic acids is 3. The summed E-state index contributed by atoms with van der Waals surface area (Å²) >= 11 is 0. The van der Waals surface area contributed by atoms with Gasteiger partial charge in [0.25, 0.3) is 11.8 Å². The third-order valence-corrected chi connectivity index (χ3v) is 6.77. The SMILES string of the molecule is CC[C@@H](NC(=O)[C@@H](CC1CCCCC1)OC(=O)N1CCOCC1)C(=O)c1nnc(-c2ccccc2)o1. The van der Waals surface area contributed by atoms with Crippen molar-refractivity contribution in [2.45, 2.75) is 64.0 Å². The van der Waals surface area contributed by atoms with Crippen LogP contribution in [0.15, 0.2) is 34.7 Å². The summed E-state index contributed by atoms with van der Waals surface area (Å²) in [5.41, 5.74) is 0.698. The number of aromatic nitrogens is 2. The lowest BCUT2D eigenvalue weighted by molar-refractivity contribution is -0.132. The zero-order valence-electron chi connectivity index (χ0n) is 20.7. The maximum absolute atomic E-state index is 13.3. The lowest BCUT2D eigenvalue weighted by atomic mass is 9.85. The molecule has 0 unspecified atom stereocenters. The van der Waals surface area contributed by atoms with Crippen LogP contribution in [0.2, 0.25) is 0 Å². The Balaban J connectivity index is 1.43. The Bertz CT molecular complexity index is 1010. The van der Waals surface area contributed by atoms with Gasteiger partial charge in [0, 0.05) is 18.7 Å². The van der Waals surface area contributed by atoms with Gasteiger partial charge in [0.05, 0.1) is 19.3 Å². The topological polar surface area (TPSA) is 124 Å². The zero-order chi connectivity index (χ0) is 25.3. The fourth-order valence-electron chi connectivity index (χ4n) is 4.66. The van der Waals surface area contributed by atoms with E-state index in [9.17, 15) is 14.4 Å². The van der Waals surface area contributed by atoms with Crippen molar-refractivity contribution in [3.63, 3.8) is 0 Å². The number of Topliss-reactive ketones (excluding diaryl/α,β-unsaturated/α-hetero) is 1. The van der Waals surface area contributed by atoms with E-state index >= 15 is 0 Å². The van der Waals surface area contributed by atoms with E-state index < -0.39 is 29.9 Å². The van der Waals surface area contributed by atoms with Crippen LogP contribution >= 0.6 is 0 Å². The molecule has 2 aliphatic rings. The molecule has 10 heteroatoms. The smallest absolute Gasteiger partial charge is 0.410 e. The number of hydrogen-bond donors (Lipinski definition) is 1. The van der Waals surface area contributed by atoms with E-state index in [-0.39, 0.29) is 11.8 Å². The summed E-state index contributed by atoms with van der Waals surface area (Å²) in [4.78, 5) is 40.7. The normalized spacial score (nSPS) is 18.3. The number of nitrogens with zero attached hydrogens (tertiary/aromatic N) is 3. The Kier molecular flexibility index (Phi) is 9.05. The number of ketones is 1. The number of hydrogen-bond acceptors (Lipinski definition) is 8. The van der Waals surface area contributed by atoms with Crippen LogP contribution < -0.4 is 5.32 Å². The van der Waals surface area contributed by atoms with Gasteiger partial charge < -0.3 is 24.1 Å². The third kappa shape index (κ3) is 6.69. The average Bonchev–Trinajstić information content (AvgIpc) is 3.43. The van der Waals surface area contributed by atoms with Crippen molar-refractivity contribution in [2.24, 2.45) is 5.92 Å². The second-order valence-electron chi connectivity index (χ2n) is 9.32. The quantitative estimate of drug-likeness (QED) is 0.520. The van der Waals surface area contributed by atoms with E-state index in [0.29, 0.717) is 50.6 Å². The minimum absolute atomic E-state index is 0.171. The van der Waals surface area contributed by atoms with Gasteiger partial charge in [0.2, 0.25) is 11.7 Å². The predicted octanol–water partition coefficient (Wildman–Crippen LogP) is 3.62. The van der Waals surface area contributed by atoms with Gasteiger partial charge in [-0.15, -0.1) is 10.2 Å². The summed E-state index contributed by atoms with van der Waals surface area (Å²) in [6.07, 6.45) is 4.64. The van der Waals surface area contributed by atoms with Crippen molar-refractivity contribution >= 4 is 17.8 Å². The maximum atomic E-state index is 13.3. The van der Waals surface area contributed by atoms with Crippen LogP contribution in [0.4, 0.5) is 4.79 Å². The van der Waals surface area contributed by atoms with Crippen molar-refractivity contribution in [3.05, 3.63) is 36.2 Å². The second-order valence-corrected chi connectivity index (χ2v) is 9.32. The van der Waals surface area contributed by atoms with Crippen LogP contribution in [0.1, 0.15) is 62.6 Å². The summed E-state index contributed by atoms with van der Waals surface area (Å²) in [5, 5.41) is 10.6. The second kappa shape index (κ2) is 12.6. The minimum Gasteiger partial charge on any atom is -0.436 e. The molecule has 2 amide bonds. The fourth-order valence-corrected chi connectivity index (χ4v) is 4.66. The van der Waals surface area contributed by atoms with Gasteiger partial charge >= 0.3 is 6.09 Å². The van der Waals surface area contributed by atoms with E-state index in [1.165, 1.54) is 6.42 Å². The van der Waals surface area contributed by atoms with Crippen LogP contribution in [-0.2, 0) is 14.3 Å². The molecule has 1 aliphatic heterocycles. The molecule has 1 aromatic heterocycles. The molecule has 194 valence electrons. The molecule has 2 fully saturated rings. The molecule has 0 radical (unpaired) electrons. The maximum Gasteiger partial charge on any atom is 0.410 e. The number of rotatable bonds is 9. The molecule has 4 rings (SSSR count). The monoisotopic (exact) mass is 498 g/mol. The number of benzene rings is 1. The number of ether oxygens (including phenoxy) is 2. The summed E-state index contributed by atoms with van der Waals surface area (Å²) in [7, 11) is 0. The van der Waals surface area contributed by atoms with Gasteiger partial charge in [0.1, 0.15) is 0 Å². The molecular formula is C26H34N4O6. The van der Waals surface area contributed by atoms with E-state index in [0.717, 1.165) is 25.7 Å². The fraction of sp³-hybridized carbons (Fsp3) is 0.577. The molecule has 36 heavy (non-hydrogen) atoms. The van der Waals surface area contributed by atoms with Crippen LogP contribution in [0.25, 0.3) is 11.5 Å². The largest absolute Gasteiger partial charge is 0.436 e. The van der Waals surface area contributed by atoms with Gasteiger partial charge in [-0.25, -0.2) is 4.79 Å². The molecule has 10 nitrogen and oxygen atoms in total. The average molecular weight is 499 g/mol. The van der Waals surface area contributed by atoms with Gasteiger partial charge in [0.15, 0.2) is 6.10 Å². The molecule has 0 spiro atoms. The van der Waals surface area contributed by atoms with Crippen LogP contribution in [0.5, 0.6) is 0 Å². The lowest BCUT2D eigenvalue weighted by Crippen LogP contribution is -2.49. The third-order valence-electron chi connectivity index (χ3n) is 6.77. The Hall–Kier alpha value is -3.27. The molecule has 1 N–H and O–H groups in total. The first-order chi connectivity index (χ1) is 17.5. The van der Waals surface area contributed by atoms with Gasteiger partial charge in [-0.05, 0) is 30.9 Å². The first-order valence-electron chi connectivity index (χ1n) is 12.8. The predicted molar refractivity (Wildman–Crippen MR) is 130 cm³/mol. The van der Waals surface area contributed by atoms with Crippen molar-refractivity contribution in [3.8, 4) is 11.5 Å². The van der Waals surface area contributed by atoms with E-state index in [1.807, 2.05) is 18.2 Å². The zero-order valence-corrected chi connectivity index (χ0v) is 20.7. The van der Waals surface area contributed by atoms with Gasteiger partial charge in [-0.3, -0.25) is 9.59 Å². The molecule has 0 bridgehead atoms. The minimum atomic E-state index is -0.979. The Labute approximate surface area is 210 Å². The summed E-state index contributed by atoms with van der Waals surface area (Å²) in [6.45, 7) is 3.51. The summed E-state index contributed by atoms with van der Waals surface area (Å²) in [5.74, 6) is -0.598. The van der Waals surface area contributed by atoms with Crippen molar-refractivity contribution in [2.75, 3.05) is 26.3 Å². The standard InChI is InChI=1S/C26H34N4O6/c1-2-20(22(31)25-29-28-24(36-25)19-11-7-4-8-12-19)27-23(32)21(17-18-9-5-3-6-10-18)35-26(33)30-13-15-34-16-14-30/h4,7-8,11-12,18,20-21H,2-3,5-6,9-10,13-17H2,1H3,(H,27,32)/t20-,21-/m1/s1. The number of morpholine rings is 1. The number of nitrogens with one attached hydrogen (secondary N) is 1. The molecule has 1 saturated carbocycles. The van der Waals surface area contributed by atoms with Crippen LogP contribution in [0, 0.1) is 5.92 Å². The van der Waals surface area contributed by atoms with Crippen molar-refractivity contribution < 1.29 is 28.3 Å². The Morgan fingerprint density at radius 3 is 2.50 bits per heavy atom. The highest BCUT2D eigenvalue weighted by atomic mass is 16.6. The molecule has 2 heterocycles. The Morgan fingerprint density at radius 2 is 1.81 bits per heavy atom. The highest BCUT2D eigenvalue weighted by Crippen LogP contribution is 2.28. The summed E-state index contributed by atoms with van der Waals surface area (Å²) in [6, 6.07) is 8.27.